The normalized spacial score (nSPS) is 27.1. The van der Waals surface area contributed by atoms with Crippen molar-refractivity contribution in [3.8, 4) is 0 Å². The molecule has 13 heavy (non-hydrogen) atoms. The van der Waals surface area contributed by atoms with Gasteiger partial charge >= 0.3 is 6.09 Å². The van der Waals surface area contributed by atoms with E-state index < -0.39 is 6.10 Å². The van der Waals surface area contributed by atoms with Crippen LogP contribution < -0.4 is 0 Å². The molecule has 0 bridgehead atoms. The molecule has 4 heteroatoms. The van der Waals surface area contributed by atoms with Crippen LogP contribution in [0.4, 0.5) is 4.79 Å². The van der Waals surface area contributed by atoms with Gasteiger partial charge in [0.2, 0.25) is 0 Å². The van der Waals surface area contributed by atoms with E-state index >= 15 is 0 Å². The van der Waals surface area contributed by atoms with E-state index in [0.29, 0.717) is 13.1 Å². The number of β-amino-alcohol motifs (C(OH)–C–C–N with tert-alkyl or cyclic N) is 1. The predicted molar refractivity (Wildman–Crippen MR) is 48.4 cm³/mol. The summed E-state index contributed by atoms with van der Waals surface area (Å²) in [5.74, 6) is 0. The summed E-state index contributed by atoms with van der Waals surface area (Å²) in [6.07, 6.45) is -0.00148. The van der Waals surface area contributed by atoms with Gasteiger partial charge in [-0.2, -0.15) is 0 Å². The second kappa shape index (κ2) is 3.54. The van der Waals surface area contributed by atoms with Crippen molar-refractivity contribution in [2.75, 3.05) is 20.2 Å². The molecule has 0 spiro atoms. The van der Waals surface area contributed by atoms with E-state index in [0.717, 1.165) is 6.42 Å². The standard InChI is InChI=1S/C9H17NO3/c1-9(2)4-5-10(6-7(9)11)8(12)13-3/h7,11H,4-6H2,1-3H3. The van der Waals surface area contributed by atoms with Gasteiger partial charge in [-0.1, -0.05) is 13.8 Å². The minimum atomic E-state index is -0.458. The number of amides is 1. The van der Waals surface area contributed by atoms with Crippen molar-refractivity contribution in [1.29, 1.82) is 0 Å². The number of piperidine rings is 1. The summed E-state index contributed by atoms with van der Waals surface area (Å²) in [4.78, 5) is 12.7. The summed E-state index contributed by atoms with van der Waals surface area (Å²) in [7, 11) is 1.36. The van der Waals surface area contributed by atoms with Crippen LogP contribution in [0.25, 0.3) is 0 Å². The molecule has 1 N–H and O–H groups in total. The van der Waals surface area contributed by atoms with Crippen LogP contribution in [0, 0.1) is 5.41 Å². The van der Waals surface area contributed by atoms with Gasteiger partial charge in [-0.3, -0.25) is 0 Å². The Morgan fingerprint density at radius 2 is 2.23 bits per heavy atom. The first-order chi connectivity index (χ1) is 5.97. The zero-order valence-electron chi connectivity index (χ0n) is 8.41. The van der Waals surface area contributed by atoms with Gasteiger partial charge in [-0.25, -0.2) is 4.79 Å². The number of aliphatic hydroxyl groups excluding tert-OH is 1. The topological polar surface area (TPSA) is 49.8 Å². The molecule has 0 radical (unpaired) electrons. The number of nitrogens with zero attached hydrogens (tertiary/aromatic N) is 1. The van der Waals surface area contributed by atoms with Gasteiger partial charge in [0.1, 0.15) is 0 Å². The highest BCUT2D eigenvalue weighted by Gasteiger charge is 2.36. The lowest BCUT2D eigenvalue weighted by Crippen LogP contribution is -2.50. The minimum absolute atomic E-state index is 0.0927. The van der Waals surface area contributed by atoms with E-state index in [1.54, 1.807) is 0 Å². The molecular formula is C9H17NO3. The number of carbonyl (C=O) groups is 1. The highest BCUT2D eigenvalue weighted by Crippen LogP contribution is 2.30. The molecule has 4 nitrogen and oxygen atoms in total. The second-order valence-electron chi connectivity index (χ2n) is 4.17. The first kappa shape index (κ1) is 10.3. The number of hydrogen-bond donors (Lipinski definition) is 1. The van der Waals surface area contributed by atoms with Gasteiger partial charge in [0.15, 0.2) is 0 Å². The van der Waals surface area contributed by atoms with Crippen LogP contribution in [0.2, 0.25) is 0 Å². The zero-order chi connectivity index (χ0) is 10.1. The lowest BCUT2D eigenvalue weighted by atomic mass is 9.80. The summed E-state index contributed by atoms with van der Waals surface area (Å²) in [6, 6.07) is 0. The number of methoxy groups -OCH3 is 1. The van der Waals surface area contributed by atoms with Crippen molar-refractivity contribution in [2.45, 2.75) is 26.4 Å². The molecule has 1 aliphatic rings. The van der Waals surface area contributed by atoms with E-state index in [2.05, 4.69) is 4.74 Å². The van der Waals surface area contributed by atoms with E-state index in [4.69, 9.17) is 0 Å². The first-order valence-corrected chi connectivity index (χ1v) is 4.48. The summed E-state index contributed by atoms with van der Waals surface area (Å²) in [5, 5.41) is 9.70. The Morgan fingerprint density at radius 1 is 1.62 bits per heavy atom. The maximum absolute atomic E-state index is 11.1. The molecule has 1 amide bonds. The fraction of sp³-hybridized carbons (Fsp3) is 0.889. The Kier molecular flexibility index (Phi) is 2.81. The molecule has 1 rings (SSSR count). The van der Waals surface area contributed by atoms with Crippen LogP contribution in [0.1, 0.15) is 20.3 Å². The lowest BCUT2D eigenvalue weighted by Gasteiger charge is -2.40. The van der Waals surface area contributed by atoms with Crippen molar-refractivity contribution in [3.05, 3.63) is 0 Å². The van der Waals surface area contributed by atoms with Crippen LogP contribution in [-0.2, 0) is 4.74 Å². The maximum atomic E-state index is 11.1. The fourth-order valence-electron chi connectivity index (χ4n) is 1.43. The van der Waals surface area contributed by atoms with Crippen molar-refractivity contribution in [3.63, 3.8) is 0 Å². The summed E-state index contributed by atoms with van der Waals surface area (Å²) < 4.78 is 4.58. The molecule has 1 atom stereocenters. The van der Waals surface area contributed by atoms with Gasteiger partial charge in [0.05, 0.1) is 19.8 Å². The highest BCUT2D eigenvalue weighted by molar-refractivity contribution is 5.67. The summed E-state index contributed by atoms with van der Waals surface area (Å²) in [5.41, 5.74) is -0.0927. The number of ether oxygens (including phenoxy) is 1. The third kappa shape index (κ3) is 2.12. The summed E-state index contributed by atoms with van der Waals surface area (Å²) in [6.45, 7) is 5.05. The van der Waals surface area contributed by atoms with Crippen LogP contribution in [-0.4, -0.2) is 42.4 Å². The van der Waals surface area contributed by atoms with E-state index in [1.807, 2.05) is 13.8 Å². The summed E-state index contributed by atoms with van der Waals surface area (Å²) >= 11 is 0. The number of aliphatic hydroxyl groups is 1. The van der Waals surface area contributed by atoms with E-state index in [-0.39, 0.29) is 11.5 Å². The fourth-order valence-corrected chi connectivity index (χ4v) is 1.43. The van der Waals surface area contributed by atoms with Crippen molar-refractivity contribution in [1.82, 2.24) is 4.90 Å². The molecule has 1 unspecified atom stereocenters. The largest absolute Gasteiger partial charge is 0.453 e. The van der Waals surface area contributed by atoms with Gasteiger partial charge in [0.25, 0.3) is 0 Å². The number of hydrogen-bond acceptors (Lipinski definition) is 3. The molecule has 1 fully saturated rings. The molecule has 0 saturated carbocycles. The van der Waals surface area contributed by atoms with Crippen molar-refractivity contribution >= 4 is 6.09 Å². The average molecular weight is 187 g/mol. The monoisotopic (exact) mass is 187 g/mol. The molecule has 0 aromatic carbocycles. The number of carbonyl (C=O) groups excluding carboxylic acids is 1. The van der Waals surface area contributed by atoms with Crippen LogP contribution in [0.15, 0.2) is 0 Å². The van der Waals surface area contributed by atoms with E-state index in [1.165, 1.54) is 12.0 Å². The smallest absolute Gasteiger partial charge is 0.409 e. The quantitative estimate of drug-likeness (QED) is 0.611. The Labute approximate surface area is 78.5 Å². The second-order valence-corrected chi connectivity index (χ2v) is 4.17. The Morgan fingerprint density at radius 3 is 2.69 bits per heavy atom. The molecular weight excluding hydrogens is 170 g/mol. The maximum Gasteiger partial charge on any atom is 0.409 e. The van der Waals surface area contributed by atoms with Gasteiger partial charge in [0, 0.05) is 6.54 Å². The third-order valence-corrected chi connectivity index (χ3v) is 2.75. The zero-order valence-corrected chi connectivity index (χ0v) is 8.41. The SMILES string of the molecule is COC(=O)N1CCC(C)(C)C(O)C1. The van der Waals surface area contributed by atoms with Crippen LogP contribution in [0.5, 0.6) is 0 Å². The lowest BCUT2D eigenvalue weighted by molar-refractivity contribution is -0.0216. The molecule has 0 aromatic heterocycles. The predicted octanol–water partition coefficient (Wildman–Crippen LogP) is 0.846. The minimum Gasteiger partial charge on any atom is -0.453 e. The van der Waals surface area contributed by atoms with Gasteiger partial charge < -0.3 is 14.7 Å². The molecule has 1 saturated heterocycles. The Balaban J connectivity index is 2.56. The van der Waals surface area contributed by atoms with Crippen molar-refractivity contribution in [2.24, 2.45) is 5.41 Å². The Bertz CT molecular complexity index is 203. The first-order valence-electron chi connectivity index (χ1n) is 4.48. The number of rotatable bonds is 0. The molecule has 0 aromatic rings. The van der Waals surface area contributed by atoms with Gasteiger partial charge in [-0.05, 0) is 11.8 Å². The van der Waals surface area contributed by atoms with Crippen molar-refractivity contribution < 1.29 is 14.6 Å². The third-order valence-electron chi connectivity index (χ3n) is 2.75. The molecule has 1 heterocycles. The van der Waals surface area contributed by atoms with Gasteiger partial charge in [-0.15, -0.1) is 0 Å². The van der Waals surface area contributed by atoms with Crippen LogP contribution >= 0.6 is 0 Å². The molecule has 76 valence electrons. The Hall–Kier alpha value is -0.770. The molecule has 1 aliphatic heterocycles. The molecule has 0 aliphatic carbocycles. The number of likely N-dealkylation sites (tertiary alicyclic amines) is 1. The van der Waals surface area contributed by atoms with E-state index in [9.17, 15) is 9.90 Å². The average Bonchev–Trinajstić information content (AvgIpc) is 2.08. The van der Waals surface area contributed by atoms with Crippen LogP contribution in [0.3, 0.4) is 0 Å². The highest BCUT2D eigenvalue weighted by atomic mass is 16.5.